The third-order valence-electron chi connectivity index (χ3n) is 3.85. The molecule has 1 aromatic heterocycles. The highest BCUT2D eigenvalue weighted by Gasteiger charge is 2.19. The van der Waals surface area contributed by atoms with Crippen LogP contribution in [0.15, 0.2) is 66.0 Å². The summed E-state index contributed by atoms with van der Waals surface area (Å²) in [6.45, 7) is -0.0226. The Labute approximate surface area is 160 Å². The SMILES string of the molecule is COC(=O)c1cccc(COC(=O)c2ccccc2C(=O)c2cccs2)c1. The fourth-order valence-electron chi connectivity index (χ4n) is 2.53. The molecule has 0 saturated carbocycles. The van der Waals surface area contributed by atoms with Crippen molar-refractivity contribution in [2.24, 2.45) is 0 Å². The average Bonchev–Trinajstić information content (AvgIpc) is 3.26. The molecule has 0 unspecified atom stereocenters. The summed E-state index contributed by atoms with van der Waals surface area (Å²) in [6.07, 6.45) is 0. The molecule has 3 aromatic rings. The number of ether oxygens (including phenoxy) is 2. The normalized spacial score (nSPS) is 10.3. The molecule has 1 heterocycles. The number of thiophene rings is 1. The van der Waals surface area contributed by atoms with Crippen molar-refractivity contribution in [3.63, 3.8) is 0 Å². The second-order valence-corrected chi connectivity index (χ2v) is 6.57. The first-order chi connectivity index (χ1) is 13.1. The summed E-state index contributed by atoms with van der Waals surface area (Å²) in [5.41, 5.74) is 1.53. The Bertz CT molecular complexity index is 976. The predicted octanol–water partition coefficient (Wildman–Crippen LogP) is 4.12. The minimum absolute atomic E-state index is 0.0226. The Kier molecular flexibility index (Phi) is 5.78. The first-order valence-corrected chi connectivity index (χ1v) is 8.99. The number of carbonyl (C=O) groups is 3. The highest BCUT2D eigenvalue weighted by molar-refractivity contribution is 7.12. The molecule has 0 fully saturated rings. The number of hydrogen-bond donors (Lipinski definition) is 0. The fraction of sp³-hybridized carbons (Fsp3) is 0.0952. The van der Waals surface area contributed by atoms with Gasteiger partial charge in [-0.2, -0.15) is 0 Å². The van der Waals surface area contributed by atoms with Crippen LogP contribution in [0.2, 0.25) is 0 Å². The zero-order valence-electron chi connectivity index (χ0n) is 14.5. The quantitative estimate of drug-likeness (QED) is 0.475. The molecule has 27 heavy (non-hydrogen) atoms. The molecular weight excluding hydrogens is 364 g/mol. The highest BCUT2D eigenvalue weighted by atomic mass is 32.1. The van der Waals surface area contributed by atoms with Gasteiger partial charge in [0.25, 0.3) is 0 Å². The van der Waals surface area contributed by atoms with Crippen LogP contribution in [0.3, 0.4) is 0 Å². The monoisotopic (exact) mass is 380 g/mol. The van der Waals surface area contributed by atoms with Crippen molar-refractivity contribution in [1.82, 2.24) is 0 Å². The topological polar surface area (TPSA) is 69.7 Å². The lowest BCUT2D eigenvalue weighted by atomic mass is 10.0. The predicted molar refractivity (Wildman–Crippen MR) is 101 cm³/mol. The average molecular weight is 380 g/mol. The van der Waals surface area contributed by atoms with E-state index in [2.05, 4.69) is 4.74 Å². The molecule has 0 bridgehead atoms. The van der Waals surface area contributed by atoms with Crippen molar-refractivity contribution in [3.05, 3.63) is 93.2 Å². The zero-order valence-corrected chi connectivity index (χ0v) is 15.3. The van der Waals surface area contributed by atoms with Crippen LogP contribution in [0.4, 0.5) is 0 Å². The smallest absolute Gasteiger partial charge is 0.339 e. The van der Waals surface area contributed by atoms with E-state index in [1.54, 1.807) is 60.7 Å². The maximum absolute atomic E-state index is 12.6. The van der Waals surface area contributed by atoms with Gasteiger partial charge in [-0.05, 0) is 35.2 Å². The second-order valence-electron chi connectivity index (χ2n) is 5.62. The molecule has 0 aliphatic rings. The van der Waals surface area contributed by atoms with Crippen LogP contribution in [0, 0.1) is 0 Å². The van der Waals surface area contributed by atoms with Gasteiger partial charge in [0, 0.05) is 5.56 Å². The second kappa shape index (κ2) is 8.42. The van der Waals surface area contributed by atoms with Gasteiger partial charge in [0.05, 0.1) is 23.1 Å². The Morgan fingerprint density at radius 2 is 1.67 bits per heavy atom. The van der Waals surface area contributed by atoms with E-state index in [0.29, 0.717) is 21.6 Å². The summed E-state index contributed by atoms with van der Waals surface area (Å²) < 4.78 is 10.0. The van der Waals surface area contributed by atoms with E-state index in [1.165, 1.54) is 18.4 Å². The molecule has 0 atom stereocenters. The molecular formula is C21H16O5S. The summed E-state index contributed by atoms with van der Waals surface area (Å²) in [5.74, 6) is -1.28. The van der Waals surface area contributed by atoms with Crippen LogP contribution in [0.1, 0.15) is 41.5 Å². The van der Waals surface area contributed by atoms with Crippen molar-refractivity contribution >= 4 is 29.1 Å². The zero-order chi connectivity index (χ0) is 19.2. The lowest BCUT2D eigenvalue weighted by molar-refractivity contribution is 0.0470. The van der Waals surface area contributed by atoms with E-state index in [9.17, 15) is 14.4 Å². The lowest BCUT2D eigenvalue weighted by Gasteiger charge is -2.09. The van der Waals surface area contributed by atoms with Crippen molar-refractivity contribution in [3.8, 4) is 0 Å². The van der Waals surface area contributed by atoms with Gasteiger partial charge in [-0.25, -0.2) is 9.59 Å². The number of ketones is 1. The van der Waals surface area contributed by atoms with Crippen molar-refractivity contribution in [2.75, 3.05) is 7.11 Å². The molecule has 0 radical (unpaired) electrons. The first-order valence-electron chi connectivity index (χ1n) is 8.11. The molecule has 0 spiro atoms. The molecule has 6 heteroatoms. The van der Waals surface area contributed by atoms with E-state index in [0.717, 1.165) is 0 Å². The third-order valence-corrected chi connectivity index (χ3v) is 4.72. The Hall–Kier alpha value is -3.25. The van der Waals surface area contributed by atoms with E-state index >= 15 is 0 Å². The summed E-state index contributed by atoms with van der Waals surface area (Å²) >= 11 is 1.32. The number of esters is 2. The maximum Gasteiger partial charge on any atom is 0.339 e. The van der Waals surface area contributed by atoms with Gasteiger partial charge in [-0.15, -0.1) is 11.3 Å². The maximum atomic E-state index is 12.6. The van der Waals surface area contributed by atoms with Crippen molar-refractivity contribution in [1.29, 1.82) is 0 Å². The van der Waals surface area contributed by atoms with Crippen LogP contribution < -0.4 is 0 Å². The molecule has 3 rings (SSSR count). The van der Waals surface area contributed by atoms with Crippen molar-refractivity contribution in [2.45, 2.75) is 6.61 Å². The molecule has 0 aliphatic heterocycles. The Morgan fingerprint density at radius 3 is 2.37 bits per heavy atom. The minimum atomic E-state index is -0.598. The van der Waals surface area contributed by atoms with Gasteiger partial charge >= 0.3 is 11.9 Å². The van der Waals surface area contributed by atoms with Crippen LogP contribution in [0.25, 0.3) is 0 Å². The van der Waals surface area contributed by atoms with Gasteiger partial charge in [-0.1, -0.05) is 36.4 Å². The van der Waals surface area contributed by atoms with Gasteiger partial charge < -0.3 is 9.47 Å². The van der Waals surface area contributed by atoms with Crippen molar-refractivity contribution < 1.29 is 23.9 Å². The van der Waals surface area contributed by atoms with E-state index < -0.39 is 11.9 Å². The van der Waals surface area contributed by atoms with E-state index in [1.807, 2.05) is 5.38 Å². The number of benzene rings is 2. The number of hydrogen-bond acceptors (Lipinski definition) is 6. The molecule has 5 nitrogen and oxygen atoms in total. The van der Waals surface area contributed by atoms with E-state index in [-0.39, 0.29) is 18.0 Å². The summed E-state index contributed by atoms with van der Waals surface area (Å²) in [7, 11) is 1.30. The highest BCUT2D eigenvalue weighted by Crippen LogP contribution is 2.19. The number of methoxy groups -OCH3 is 1. The molecule has 0 amide bonds. The molecule has 136 valence electrons. The molecule has 0 aliphatic carbocycles. The Morgan fingerprint density at radius 1 is 0.889 bits per heavy atom. The molecule has 2 aromatic carbocycles. The van der Waals surface area contributed by atoms with E-state index in [4.69, 9.17) is 4.74 Å². The van der Waals surface area contributed by atoms with Crippen LogP contribution in [-0.4, -0.2) is 24.8 Å². The first kappa shape index (κ1) is 18.5. The number of rotatable bonds is 6. The van der Waals surface area contributed by atoms with Gasteiger partial charge in [0.15, 0.2) is 0 Å². The fourth-order valence-corrected chi connectivity index (χ4v) is 3.21. The van der Waals surface area contributed by atoms with Gasteiger partial charge in [0.1, 0.15) is 6.61 Å². The molecule has 0 saturated heterocycles. The largest absolute Gasteiger partial charge is 0.465 e. The minimum Gasteiger partial charge on any atom is -0.465 e. The summed E-state index contributed by atoms with van der Waals surface area (Å²) in [6, 6.07) is 16.7. The summed E-state index contributed by atoms with van der Waals surface area (Å²) in [5, 5.41) is 1.81. The standard InChI is InChI=1S/C21H16O5S/c1-25-20(23)15-7-4-6-14(12-15)13-26-21(24)17-9-3-2-8-16(17)19(22)18-10-5-11-27-18/h2-12H,13H2,1H3. The lowest BCUT2D eigenvalue weighted by Crippen LogP contribution is -2.12. The summed E-state index contributed by atoms with van der Waals surface area (Å²) in [4.78, 5) is 37.3. The number of carbonyl (C=O) groups excluding carboxylic acids is 3. The van der Waals surface area contributed by atoms with Crippen LogP contribution in [0.5, 0.6) is 0 Å². The van der Waals surface area contributed by atoms with Gasteiger partial charge in [0.2, 0.25) is 5.78 Å². The van der Waals surface area contributed by atoms with Crippen LogP contribution in [-0.2, 0) is 16.1 Å². The third kappa shape index (κ3) is 4.30. The van der Waals surface area contributed by atoms with Gasteiger partial charge in [-0.3, -0.25) is 4.79 Å². The molecule has 0 N–H and O–H groups in total. The Balaban J connectivity index is 1.76. The van der Waals surface area contributed by atoms with Crippen LogP contribution >= 0.6 is 11.3 Å².